The quantitative estimate of drug-likeness (QED) is 0.610. The third-order valence-corrected chi connectivity index (χ3v) is 5.53. The zero-order valence-corrected chi connectivity index (χ0v) is 16.8. The van der Waals surface area contributed by atoms with Gasteiger partial charge in [0.15, 0.2) is 0 Å². The normalized spacial score (nSPS) is 13.6. The van der Waals surface area contributed by atoms with Crippen molar-refractivity contribution in [2.45, 2.75) is 38.8 Å². The van der Waals surface area contributed by atoms with E-state index in [0.717, 1.165) is 48.5 Å². The van der Waals surface area contributed by atoms with Crippen molar-refractivity contribution in [2.24, 2.45) is 0 Å². The van der Waals surface area contributed by atoms with Crippen LogP contribution in [0.25, 0.3) is 11.4 Å². The van der Waals surface area contributed by atoms with Crippen LogP contribution in [-0.4, -0.2) is 27.4 Å². The van der Waals surface area contributed by atoms with Crippen molar-refractivity contribution in [1.29, 1.82) is 0 Å². The van der Waals surface area contributed by atoms with Crippen LogP contribution in [0.4, 0.5) is 0 Å². The lowest BCUT2D eigenvalue weighted by atomic mass is 10.1. The van der Waals surface area contributed by atoms with Crippen molar-refractivity contribution >= 4 is 17.5 Å². The van der Waals surface area contributed by atoms with Crippen LogP contribution in [0.5, 0.6) is 0 Å². The minimum atomic E-state index is -0.0188. The number of nitrogens with zero attached hydrogens (tertiary/aromatic N) is 3. The second-order valence-corrected chi connectivity index (χ2v) is 7.78. The molecule has 0 unspecified atom stereocenters. The maximum absolute atomic E-state index is 13.3. The van der Waals surface area contributed by atoms with E-state index in [9.17, 15) is 4.79 Å². The van der Waals surface area contributed by atoms with Gasteiger partial charge in [0.2, 0.25) is 0 Å². The number of hydrogen-bond donors (Lipinski definition) is 0. The molecule has 0 saturated carbocycles. The summed E-state index contributed by atoms with van der Waals surface area (Å²) in [5.41, 5.74) is 3.76. The van der Waals surface area contributed by atoms with Crippen molar-refractivity contribution in [2.75, 3.05) is 7.05 Å². The summed E-state index contributed by atoms with van der Waals surface area (Å²) in [6.07, 6.45) is 4.27. The van der Waals surface area contributed by atoms with Crippen LogP contribution in [0.2, 0.25) is 5.02 Å². The minimum absolute atomic E-state index is 0.0188. The Hall–Kier alpha value is -2.59. The predicted octanol–water partition coefficient (Wildman–Crippen LogP) is 5.20. The van der Waals surface area contributed by atoms with E-state index in [1.807, 2.05) is 61.6 Å². The first-order chi connectivity index (χ1) is 13.6. The molecular formula is C23H24ClN3O. The van der Waals surface area contributed by atoms with Crippen molar-refractivity contribution in [3.8, 4) is 11.4 Å². The lowest BCUT2D eigenvalue weighted by Gasteiger charge is -2.17. The zero-order valence-electron chi connectivity index (χ0n) is 16.1. The van der Waals surface area contributed by atoms with Crippen LogP contribution in [0.1, 0.15) is 41.0 Å². The number of fused-ring (bicyclic) bond motifs is 1. The molecule has 144 valence electrons. The Labute approximate surface area is 170 Å². The van der Waals surface area contributed by atoms with Gasteiger partial charge in [0.25, 0.3) is 5.91 Å². The molecule has 5 heteroatoms. The highest BCUT2D eigenvalue weighted by Gasteiger charge is 2.26. The molecule has 2 heterocycles. The van der Waals surface area contributed by atoms with Gasteiger partial charge in [-0.15, -0.1) is 0 Å². The maximum atomic E-state index is 13.3. The summed E-state index contributed by atoms with van der Waals surface area (Å²) in [5.74, 6) is 0.847. The largest absolute Gasteiger partial charge is 0.336 e. The van der Waals surface area contributed by atoms with Gasteiger partial charge in [0.05, 0.1) is 5.69 Å². The molecule has 0 aliphatic carbocycles. The summed E-state index contributed by atoms with van der Waals surface area (Å²) in [6, 6.07) is 17.8. The number of benzene rings is 2. The summed E-state index contributed by atoms with van der Waals surface area (Å²) < 4.78 is 2.24. The summed E-state index contributed by atoms with van der Waals surface area (Å²) in [5, 5.41) is 0.699. The average Bonchev–Trinajstić information content (AvgIpc) is 2.90. The standard InChI is InChI=1S/C23H24ClN3O/c1-26(16-17-8-4-2-5-9-17)23(28)21-20-10-6-3-7-15-27(20)22(25-21)18-11-13-19(24)14-12-18/h2,4-5,8-9,11-14H,3,6-7,10,15-16H2,1H3. The van der Waals surface area contributed by atoms with Crippen LogP contribution in [-0.2, 0) is 19.5 Å². The monoisotopic (exact) mass is 393 g/mol. The number of amides is 1. The smallest absolute Gasteiger partial charge is 0.274 e. The second-order valence-electron chi connectivity index (χ2n) is 7.35. The number of hydrogen-bond acceptors (Lipinski definition) is 2. The van der Waals surface area contributed by atoms with Crippen LogP contribution in [0.3, 0.4) is 0 Å². The van der Waals surface area contributed by atoms with Gasteiger partial charge in [0.1, 0.15) is 11.5 Å². The van der Waals surface area contributed by atoms with E-state index in [1.54, 1.807) is 4.90 Å². The zero-order chi connectivity index (χ0) is 19.5. The lowest BCUT2D eigenvalue weighted by Crippen LogP contribution is -2.27. The Morgan fingerprint density at radius 3 is 2.57 bits per heavy atom. The number of aromatic nitrogens is 2. The van der Waals surface area contributed by atoms with Gasteiger partial charge in [-0.2, -0.15) is 0 Å². The first kappa shape index (κ1) is 18.8. The molecule has 1 aromatic heterocycles. The van der Waals surface area contributed by atoms with E-state index in [0.29, 0.717) is 17.3 Å². The van der Waals surface area contributed by atoms with Gasteiger partial charge in [-0.25, -0.2) is 4.98 Å². The van der Waals surface area contributed by atoms with Gasteiger partial charge < -0.3 is 9.47 Å². The molecule has 0 N–H and O–H groups in total. The van der Waals surface area contributed by atoms with E-state index in [4.69, 9.17) is 16.6 Å². The third-order valence-electron chi connectivity index (χ3n) is 5.28. The summed E-state index contributed by atoms with van der Waals surface area (Å²) >= 11 is 6.05. The fourth-order valence-electron chi connectivity index (χ4n) is 3.82. The fourth-order valence-corrected chi connectivity index (χ4v) is 3.95. The number of imidazole rings is 1. The van der Waals surface area contributed by atoms with Crippen molar-refractivity contribution in [1.82, 2.24) is 14.5 Å². The molecule has 3 aromatic rings. The molecule has 28 heavy (non-hydrogen) atoms. The fraction of sp³-hybridized carbons (Fsp3) is 0.304. The number of halogens is 1. The predicted molar refractivity (Wildman–Crippen MR) is 112 cm³/mol. The summed E-state index contributed by atoms with van der Waals surface area (Å²) in [7, 11) is 1.85. The van der Waals surface area contributed by atoms with Crippen molar-refractivity contribution in [3.63, 3.8) is 0 Å². The second kappa shape index (κ2) is 8.19. The molecule has 2 aromatic carbocycles. The van der Waals surface area contributed by atoms with E-state index < -0.39 is 0 Å². The molecule has 0 saturated heterocycles. The first-order valence-electron chi connectivity index (χ1n) is 9.78. The van der Waals surface area contributed by atoms with Crippen molar-refractivity contribution < 1.29 is 4.79 Å². The Morgan fingerprint density at radius 2 is 1.82 bits per heavy atom. The van der Waals surface area contributed by atoms with Crippen LogP contribution in [0, 0.1) is 0 Å². The SMILES string of the molecule is CN(Cc1ccccc1)C(=O)c1nc(-c2ccc(Cl)cc2)n2c1CCCCC2. The number of carbonyl (C=O) groups is 1. The van der Waals surface area contributed by atoms with Gasteiger partial charge in [-0.1, -0.05) is 48.4 Å². The minimum Gasteiger partial charge on any atom is -0.336 e. The van der Waals surface area contributed by atoms with E-state index in [1.165, 1.54) is 6.42 Å². The topological polar surface area (TPSA) is 38.1 Å². The number of carbonyl (C=O) groups excluding carboxylic acids is 1. The first-order valence-corrected chi connectivity index (χ1v) is 10.2. The Morgan fingerprint density at radius 1 is 1.07 bits per heavy atom. The molecule has 0 spiro atoms. The van der Waals surface area contributed by atoms with Crippen LogP contribution < -0.4 is 0 Å². The average molecular weight is 394 g/mol. The molecule has 1 amide bonds. The van der Waals surface area contributed by atoms with Gasteiger partial charge >= 0.3 is 0 Å². The molecule has 4 rings (SSSR count). The third kappa shape index (κ3) is 3.83. The Balaban J connectivity index is 1.70. The van der Waals surface area contributed by atoms with Crippen LogP contribution >= 0.6 is 11.6 Å². The highest BCUT2D eigenvalue weighted by atomic mass is 35.5. The highest BCUT2D eigenvalue weighted by Crippen LogP contribution is 2.28. The molecule has 0 radical (unpaired) electrons. The molecule has 4 nitrogen and oxygen atoms in total. The summed E-state index contributed by atoms with van der Waals surface area (Å²) in [6.45, 7) is 1.47. The molecule has 0 fully saturated rings. The molecule has 0 atom stereocenters. The van der Waals surface area contributed by atoms with E-state index in [2.05, 4.69) is 4.57 Å². The van der Waals surface area contributed by atoms with Crippen LogP contribution in [0.15, 0.2) is 54.6 Å². The van der Waals surface area contributed by atoms with Gasteiger partial charge in [-0.3, -0.25) is 4.79 Å². The van der Waals surface area contributed by atoms with E-state index >= 15 is 0 Å². The molecule has 0 bridgehead atoms. The highest BCUT2D eigenvalue weighted by molar-refractivity contribution is 6.30. The maximum Gasteiger partial charge on any atom is 0.274 e. The molecular weight excluding hydrogens is 370 g/mol. The Kier molecular flexibility index (Phi) is 5.49. The molecule has 1 aliphatic rings. The lowest BCUT2D eigenvalue weighted by molar-refractivity contribution is 0.0778. The Bertz CT molecular complexity index is 964. The number of rotatable bonds is 4. The molecule has 1 aliphatic heterocycles. The van der Waals surface area contributed by atoms with E-state index in [-0.39, 0.29) is 5.91 Å². The van der Waals surface area contributed by atoms with Crippen molar-refractivity contribution in [3.05, 3.63) is 76.6 Å². The van der Waals surface area contributed by atoms with Gasteiger partial charge in [-0.05, 0) is 49.1 Å². The summed E-state index contributed by atoms with van der Waals surface area (Å²) in [4.78, 5) is 19.8. The van der Waals surface area contributed by atoms with Gasteiger partial charge in [0, 0.05) is 30.7 Å².